The molecule has 2 atom stereocenters. The number of hydrogen-bond donors (Lipinski definition) is 0. The summed E-state index contributed by atoms with van der Waals surface area (Å²) in [6.45, 7) is 0. The average molecular weight is 511 g/mol. The second-order valence-electron chi connectivity index (χ2n) is 10.3. The lowest BCUT2D eigenvalue weighted by Crippen LogP contribution is -2.25. The van der Waals surface area contributed by atoms with E-state index in [0.717, 1.165) is 71.3 Å². The van der Waals surface area contributed by atoms with Crippen molar-refractivity contribution >= 4 is 17.5 Å². The highest BCUT2D eigenvalue weighted by Gasteiger charge is 2.42. The van der Waals surface area contributed by atoms with Crippen molar-refractivity contribution in [2.45, 2.75) is 31.7 Å². The van der Waals surface area contributed by atoms with Gasteiger partial charge in [0, 0.05) is 17.0 Å². The van der Waals surface area contributed by atoms with Gasteiger partial charge in [-0.25, -0.2) is 0 Å². The fourth-order valence-corrected chi connectivity index (χ4v) is 5.87. The van der Waals surface area contributed by atoms with Crippen molar-refractivity contribution in [3.8, 4) is 22.6 Å². The third-order valence-corrected chi connectivity index (χ3v) is 7.75. The number of para-hydroxylation sites is 1. The van der Waals surface area contributed by atoms with Crippen LogP contribution in [0.25, 0.3) is 28.7 Å². The minimum atomic E-state index is -0.00200. The van der Waals surface area contributed by atoms with Crippen molar-refractivity contribution in [1.82, 2.24) is 0 Å². The number of benzene rings is 3. The monoisotopic (exact) mass is 510 g/mol. The molecule has 39 heavy (non-hydrogen) atoms. The largest absolute Gasteiger partial charge is 0.459 e. The Bertz CT molecular complexity index is 1610. The molecule has 192 valence electrons. The van der Waals surface area contributed by atoms with Gasteiger partial charge in [-0.2, -0.15) is 5.10 Å². The van der Waals surface area contributed by atoms with Crippen molar-refractivity contribution < 1.29 is 8.83 Å². The lowest BCUT2D eigenvalue weighted by atomic mass is 9.87. The van der Waals surface area contributed by atoms with Gasteiger partial charge in [-0.05, 0) is 67.3 Å². The van der Waals surface area contributed by atoms with Crippen LogP contribution in [0.3, 0.4) is 0 Å². The Kier molecular flexibility index (Phi) is 6.22. The average Bonchev–Trinajstić information content (AvgIpc) is 3.72. The van der Waals surface area contributed by atoms with Crippen LogP contribution in [-0.2, 0) is 0 Å². The zero-order chi connectivity index (χ0) is 26.0. The Morgan fingerprint density at radius 2 is 1.31 bits per heavy atom. The normalized spacial score (nSPS) is 20.1. The van der Waals surface area contributed by atoms with Gasteiger partial charge in [-0.15, -0.1) is 0 Å². The lowest BCUT2D eigenvalue weighted by Gasteiger charge is -2.26. The molecule has 0 N–H and O–H groups in total. The van der Waals surface area contributed by atoms with E-state index < -0.39 is 0 Å². The highest BCUT2D eigenvalue weighted by atomic mass is 16.3. The van der Waals surface area contributed by atoms with Crippen LogP contribution in [0.15, 0.2) is 135 Å². The molecule has 1 aliphatic carbocycles. The summed E-state index contributed by atoms with van der Waals surface area (Å²) in [4.78, 5) is 0. The molecule has 1 saturated carbocycles. The highest BCUT2D eigenvalue weighted by Crippen LogP contribution is 2.46. The molecule has 0 bridgehead atoms. The van der Waals surface area contributed by atoms with Gasteiger partial charge in [0.25, 0.3) is 0 Å². The third-order valence-electron chi connectivity index (χ3n) is 7.75. The van der Waals surface area contributed by atoms with Crippen molar-refractivity contribution in [3.05, 3.63) is 132 Å². The van der Waals surface area contributed by atoms with E-state index in [4.69, 9.17) is 13.9 Å². The number of anilines is 1. The maximum absolute atomic E-state index is 6.55. The molecule has 1 fully saturated rings. The molecular weight excluding hydrogens is 480 g/mol. The molecule has 0 amide bonds. The van der Waals surface area contributed by atoms with Crippen molar-refractivity contribution in [2.75, 3.05) is 5.01 Å². The summed E-state index contributed by atoms with van der Waals surface area (Å²) in [6, 6.07) is 39.4. The Labute approximate surface area is 228 Å². The van der Waals surface area contributed by atoms with Gasteiger partial charge in [-0.1, -0.05) is 85.3 Å². The van der Waals surface area contributed by atoms with Crippen LogP contribution >= 0.6 is 0 Å². The van der Waals surface area contributed by atoms with Crippen LogP contribution in [0.2, 0.25) is 0 Å². The summed E-state index contributed by atoms with van der Waals surface area (Å²) < 4.78 is 12.8. The first-order chi connectivity index (χ1) is 19.3. The number of furan rings is 2. The van der Waals surface area contributed by atoms with Gasteiger partial charge in [-0.3, -0.25) is 5.01 Å². The quantitative estimate of drug-likeness (QED) is 0.236. The van der Waals surface area contributed by atoms with E-state index in [1.54, 1.807) is 0 Å². The van der Waals surface area contributed by atoms with Crippen LogP contribution in [-0.4, -0.2) is 5.71 Å². The fraction of sp³-hybridized carbons (Fsp3) is 0.171. The Hall–Kier alpha value is -4.57. The number of hydrazone groups is 1. The Balaban J connectivity index is 1.28. The summed E-state index contributed by atoms with van der Waals surface area (Å²) in [5, 5.41) is 7.47. The predicted octanol–water partition coefficient (Wildman–Crippen LogP) is 9.40. The van der Waals surface area contributed by atoms with Gasteiger partial charge >= 0.3 is 0 Å². The van der Waals surface area contributed by atoms with E-state index in [1.807, 2.05) is 42.5 Å². The van der Waals surface area contributed by atoms with E-state index in [-0.39, 0.29) is 12.0 Å². The summed E-state index contributed by atoms with van der Waals surface area (Å²) in [6.07, 6.45) is 6.55. The molecule has 2 aliphatic rings. The maximum Gasteiger partial charge on any atom is 0.134 e. The molecule has 2 unspecified atom stereocenters. The van der Waals surface area contributed by atoms with Crippen molar-refractivity contribution in [3.63, 3.8) is 0 Å². The zero-order valence-electron chi connectivity index (χ0n) is 21.7. The minimum Gasteiger partial charge on any atom is -0.459 e. The van der Waals surface area contributed by atoms with E-state index >= 15 is 0 Å². The molecule has 7 rings (SSSR count). The van der Waals surface area contributed by atoms with Crippen LogP contribution in [0.5, 0.6) is 0 Å². The van der Waals surface area contributed by atoms with Crippen LogP contribution in [0.4, 0.5) is 5.69 Å². The van der Waals surface area contributed by atoms with E-state index in [9.17, 15) is 0 Å². The Morgan fingerprint density at radius 1 is 0.667 bits per heavy atom. The minimum absolute atomic E-state index is 0.00200. The first kappa shape index (κ1) is 23.5. The number of rotatable bonds is 5. The molecule has 3 heterocycles. The van der Waals surface area contributed by atoms with E-state index in [0.29, 0.717) is 0 Å². The molecule has 2 aromatic heterocycles. The standard InChI is InChI=1S/C35H30N2O2/c1-4-12-25(13-5-1)31-21-20-29(38-31)24-27-16-10-11-19-30-34(27)36-37(28-17-8-3-9-18-28)35(30)33-23-22-32(39-33)26-14-6-2-7-15-26/h1-9,12-15,17-18,20-24,30,35H,10-11,16,19H2/b27-24+. The van der Waals surface area contributed by atoms with E-state index in [2.05, 4.69) is 83.9 Å². The molecular formula is C35H30N2O2. The summed E-state index contributed by atoms with van der Waals surface area (Å²) >= 11 is 0. The number of fused-ring (bicyclic) bond motifs is 1. The predicted molar refractivity (Wildman–Crippen MR) is 157 cm³/mol. The topological polar surface area (TPSA) is 41.9 Å². The third kappa shape index (κ3) is 4.63. The second-order valence-corrected chi connectivity index (χ2v) is 10.3. The van der Waals surface area contributed by atoms with Gasteiger partial charge in [0.15, 0.2) is 0 Å². The molecule has 0 saturated heterocycles. The molecule has 4 heteroatoms. The first-order valence-corrected chi connectivity index (χ1v) is 13.8. The van der Waals surface area contributed by atoms with Crippen molar-refractivity contribution in [2.24, 2.45) is 11.0 Å². The lowest BCUT2D eigenvalue weighted by molar-refractivity contribution is 0.410. The smallest absolute Gasteiger partial charge is 0.134 e. The van der Waals surface area contributed by atoms with Crippen LogP contribution < -0.4 is 5.01 Å². The molecule has 0 spiro atoms. The van der Waals surface area contributed by atoms with E-state index in [1.165, 1.54) is 5.57 Å². The molecule has 0 radical (unpaired) electrons. The number of nitrogens with zero attached hydrogens (tertiary/aromatic N) is 2. The molecule has 5 aromatic rings. The summed E-state index contributed by atoms with van der Waals surface area (Å²) in [5.41, 5.74) is 5.65. The van der Waals surface area contributed by atoms with Crippen LogP contribution in [0, 0.1) is 5.92 Å². The number of allylic oxidation sites excluding steroid dienone is 1. The van der Waals surface area contributed by atoms with Gasteiger partial charge < -0.3 is 8.83 Å². The summed E-state index contributed by atoms with van der Waals surface area (Å²) in [5.74, 6) is 3.82. The highest BCUT2D eigenvalue weighted by molar-refractivity contribution is 6.07. The molecule has 4 nitrogen and oxygen atoms in total. The second kappa shape index (κ2) is 10.3. The Morgan fingerprint density at radius 3 is 2.03 bits per heavy atom. The molecule has 3 aromatic carbocycles. The maximum atomic E-state index is 6.55. The zero-order valence-corrected chi connectivity index (χ0v) is 21.7. The van der Waals surface area contributed by atoms with Gasteiger partial charge in [0.05, 0.1) is 11.4 Å². The SMILES string of the molecule is C(=C1/CCCCC2C1=NN(c1ccccc1)C2c1ccc(-c2ccccc2)o1)/c1ccc(-c2ccccc2)o1. The van der Waals surface area contributed by atoms with Crippen molar-refractivity contribution in [1.29, 1.82) is 0 Å². The van der Waals surface area contributed by atoms with Crippen LogP contribution in [0.1, 0.15) is 43.2 Å². The summed E-state index contributed by atoms with van der Waals surface area (Å²) in [7, 11) is 0. The fourth-order valence-electron chi connectivity index (χ4n) is 5.87. The van der Waals surface area contributed by atoms with Gasteiger partial charge in [0.2, 0.25) is 0 Å². The molecule has 1 aliphatic heterocycles. The first-order valence-electron chi connectivity index (χ1n) is 13.8. The van der Waals surface area contributed by atoms with Gasteiger partial charge in [0.1, 0.15) is 29.1 Å². The number of hydrogen-bond acceptors (Lipinski definition) is 4.